The van der Waals surface area contributed by atoms with Gasteiger partial charge in [-0.3, -0.25) is 9.59 Å². The minimum Gasteiger partial charge on any atom is -0.508 e. The molecule has 0 radical (unpaired) electrons. The number of rotatable bonds is 4. The van der Waals surface area contributed by atoms with Gasteiger partial charge in [0.05, 0.1) is 6.04 Å². The number of pyridine rings is 1. The van der Waals surface area contributed by atoms with Crippen LogP contribution < -0.4 is 10.9 Å². The topological polar surface area (TPSA) is 71.3 Å². The molecule has 1 amide bonds. The van der Waals surface area contributed by atoms with Gasteiger partial charge in [-0.2, -0.15) is 0 Å². The fourth-order valence-corrected chi connectivity index (χ4v) is 3.47. The van der Waals surface area contributed by atoms with Crippen LogP contribution in [0.1, 0.15) is 36.2 Å². The first-order chi connectivity index (χ1) is 11.5. The van der Waals surface area contributed by atoms with Crippen molar-refractivity contribution in [1.29, 1.82) is 0 Å². The number of aryl methyl sites for hydroxylation is 1. The Morgan fingerprint density at radius 3 is 2.83 bits per heavy atom. The second-order valence-electron chi connectivity index (χ2n) is 6.52. The van der Waals surface area contributed by atoms with E-state index >= 15 is 0 Å². The maximum atomic E-state index is 12.3. The van der Waals surface area contributed by atoms with E-state index in [0.29, 0.717) is 18.2 Å². The number of carbonyl (C=O) groups is 1. The molecule has 1 aliphatic carbocycles. The molecular formula is C19H22N2O3. The Bertz CT molecular complexity index is 826. The highest BCUT2D eigenvalue weighted by molar-refractivity contribution is 5.76. The Kier molecular flexibility index (Phi) is 4.42. The summed E-state index contributed by atoms with van der Waals surface area (Å²) in [7, 11) is 0. The molecule has 0 saturated carbocycles. The van der Waals surface area contributed by atoms with Crippen molar-refractivity contribution in [3.63, 3.8) is 0 Å². The standard InChI is InChI=1S/C19H22N2O3/c1-12-9-14-5-3-4-6-16(14)19(12)20-17(23)7-8-21-13(2)10-15(22)11-18(21)24/h3-6,10-12,19,22H,7-9H2,1-2H3,(H,20,23)/t12-,19+/m1/s1. The predicted molar refractivity (Wildman–Crippen MR) is 91.9 cm³/mol. The van der Waals surface area contributed by atoms with Crippen LogP contribution >= 0.6 is 0 Å². The van der Waals surface area contributed by atoms with E-state index in [1.807, 2.05) is 12.1 Å². The summed E-state index contributed by atoms with van der Waals surface area (Å²) in [5.74, 6) is 0.252. The number of benzene rings is 1. The second-order valence-corrected chi connectivity index (χ2v) is 6.52. The first-order valence-electron chi connectivity index (χ1n) is 8.23. The van der Waals surface area contributed by atoms with Crippen molar-refractivity contribution in [3.8, 4) is 5.75 Å². The van der Waals surface area contributed by atoms with Crippen molar-refractivity contribution >= 4 is 5.91 Å². The Balaban J connectivity index is 1.66. The van der Waals surface area contributed by atoms with Crippen molar-refractivity contribution in [2.45, 2.75) is 39.3 Å². The van der Waals surface area contributed by atoms with Crippen molar-refractivity contribution in [2.24, 2.45) is 5.92 Å². The third-order valence-electron chi connectivity index (χ3n) is 4.70. The maximum absolute atomic E-state index is 12.3. The third-order valence-corrected chi connectivity index (χ3v) is 4.70. The Morgan fingerprint density at radius 1 is 1.33 bits per heavy atom. The molecule has 2 atom stereocenters. The number of hydrogen-bond acceptors (Lipinski definition) is 3. The zero-order valence-corrected chi connectivity index (χ0v) is 14.0. The van der Waals surface area contributed by atoms with Crippen LogP contribution in [0.25, 0.3) is 0 Å². The smallest absolute Gasteiger partial charge is 0.254 e. The van der Waals surface area contributed by atoms with Crippen molar-refractivity contribution in [2.75, 3.05) is 0 Å². The van der Waals surface area contributed by atoms with E-state index in [1.54, 1.807) is 6.92 Å². The maximum Gasteiger partial charge on any atom is 0.254 e. The third kappa shape index (κ3) is 3.20. The van der Waals surface area contributed by atoms with Gasteiger partial charge in [0.2, 0.25) is 5.91 Å². The molecule has 1 aromatic carbocycles. The average Bonchev–Trinajstić information content (AvgIpc) is 2.82. The number of hydrogen-bond donors (Lipinski definition) is 2. The minimum atomic E-state index is -0.292. The lowest BCUT2D eigenvalue weighted by Gasteiger charge is -2.19. The average molecular weight is 326 g/mol. The minimum absolute atomic E-state index is 0.0336. The molecule has 24 heavy (non-hydrogen) atoms. The molecule has 5 heteroatoms. The number of nitrogens with zero attached hydrogens (tertiary/aromatic N) is 1. The Hall–Kier alpha value is -2.56. The summed E-state index contributed by atoms with van der Waals surface area (Å²) in [6, 6.07) is 10.9. The molecule has 0 bridgehead atoms. The molecule has 0 unspecified atom stereocenters. The monoisotopic (exact) mass is 326 g/mol. The summed E-state index contributed by atoms with van der Waals surface area (Å²) in [6.45, 7) is 4.19. The number of carbonyl (C=O) groups excluding carboxylic acids is 1. The fourth-order valence-electron chi connectivity index (χ4n) is 3.47. The van der Waals surface area contributed by atoms with Gasteiger partial charge in [-0.25, -0.2) is 0 Å². The van der Waals surface area contributed by atoms with Crippen molar-refractivity contribution < 1.29 is 9.90 Å². The molecule has 3 rings (SSSR count). The molecule has 0 saturated heterocycles. The summed E-state index contributed by atoms with van der Waals surface area (Å²) >= 11 is 0. The number of aromatic nitrogens is 1. The van der Waals surface area contributed by atoms with Gasteiger partial charge in [0.25, 0.3) is 5.56 Å². The number of fused-ring (bicyclic) bond motifs is 1. The number of nitrogens with one attached hydrogen (secondary N) is 1. The van der Waals surface area contributed by atoms with Gasteiger partial charge in [-0.05, 0) is 36.5 Å². The van der Waals surface area contributed by atoms with Crippen LogP contribution in [0.2, 0.25) is 0 Å². The van der Waals surface area contributed by atoms with Crippen LogP contribution in [0, 0.1) is 12.8 Å². The molecule has 0 fully saturated rings. The molecule has 0 aliphatic heterocycles. The first kappa shape index (κ1) is 16.3. The van der Waals surface area contributed by atoms with Gasteiger partial charge in [-0.15, -0.1) is 0 Å². The summed E-state index contributed by atoms with van der Waals surface area (Å²) < 4.78 is 1.51. The van der Waals surface area contributed by atoms with Crippen LogP contribution in [0.3, 0.4) is 0 Å². The lowest BCUT2D eigenvalue weighted by Crippen LogP contribution is -2.32. The summed E-state index contributed by atoms with van der Waals surface area (Å²) in [4.78, 5) is 24.2. The predicted octanol–water partition coefficient (Wildman–Crippen LogP) is 2.30. The zero-order valence-electron chi connectivity index (χ0n) is 14.0. The van der Waals surface area contributed by atoms with Crippen molar-refractivity contribution in [1.82, 2.24) is 9.88 Å². The summed E-state index contributed by atoms with van der Waals surface area (Å²) in [6.07, 6.45) is 1.20. The van der Waals surface area contributed by atoms with Crippen LogP contribution in [0.4, 0.5) is 0 Å². The van der Waals surface area contributed by atoms with E-state index < -0.39 is 0 Å². The second kappa shape index (κ2) is 6.51. The Labute approximate surface area is 140 Å². The van der Waals surface area contributed by atoms with Gasteiger partial charge in [-0.1, -0.05) is 31.2 Å². The SMILES string of the molecule is Cc1cc(O)cc(=O)n1CCC(=O)N[C@@H]1c2ccccc2C[C@H]1C. The van der Waals surface area contributed by atoms with E-state index in [1.165, 1.54) is 27.8 Å². The summed E-state index contributed by atoms with van der Waals surface area (Å²) in [5, 5.41) is 12.5. The number of amides is 1. The largest absolute Gasteiger partial charge is 0.508 e. The van der Waals surface area contributed by atoms with E-state index in [2.05, 4.69) is 24.4 Å². The van der Waals surface area contributed by atoms with E-state index in [0.717, 1.165) is 6.42 Å². The zero-order chi connectivity index (χ0) is 17.3. The van der Waals surface area contributed by atoms with Gasteiger partial charge >= 0.3 is 0 Å². The fraction of sp³-hybridized carbons (Fsp3) is 0.368. The van der Waals surface area contributed by atoms with Gasteiger partial charge in [0, 0.05) is 24.7 Å². The van der Waals surface area contributed by atoms with E-state index in [4.69, 9.17) is 0 Å². The quantitative estimate of drug-likeness (QED) is 0.905. The van der Waals surface area contributed by atoms with Gasteiger partial charge in [0.15, 0.2) is 0 Å². The van der Waals surface area contributed by atoms with E-state index in [-0.39, 0.29) is 29.7 Å². The highest BCUT2D eigenvalue weighted by Crippen LogP contribution is 2.35. The van der Waals surface area contributed by atoms with Crippen LogP contribution in [-0.4, -0.2) is 15.6 Å². The molecular weight excluding hydrogens is 304 g/mol. The number of aromatic hydroxyl groups is 1. The normalized spacial score (nSPS) is 19.1. The first-order valence-corrected chi connectivity index (χ1v) is 8.23. The highest BCUT2D eigenvalue weighted by atomic mass is 16.3. The summed E-state index contributed by atoms with van der Waals surface area (Å²) in [5.41, 5.74) is 2.84. The molecule has 1 heterocycles. The highest BCUT2D eigenvalue weighted by Gasteiger charge is 2.29. The molecule has 5 nitrogen and oxygen atoms in total. The lowest BCUT2D eigenvalue weighted by molar-refractivity contribution is -0.122. The molecule has 2 N–H and O–H groups in total. The van der Waals surface area contributed by atoms with Crippen LogP contribution in [-0.2, 0) is 17.8 Å². The molecule has 2 aromatic rings. The molecule has 0 spiro atoms. The van der Waals surface area contributed by atoms with E-state index in [9.17, 15) is 14.7 Å². The lowest BCUT2D eigenvalue weighted by atomic mass is 10.0. The van der Waals surface area contributed by atoms with Crippen LogP contribution in [0.15, 0.2) is 41.2 Å². The molecule has 126 valence electrons. The Morgan fingerprint density at radius 2 is 2.08 bits per heavy atom. The van der Waals surface area contributed by atoms with Gasteiger partial charge < -0.3 is 15.0 Å². The molecule has 1 aliphatic rings. The van der Waals surface area contributed by atoms with Crippen molar-refractivity contribution in [3.05, 3.63) is 63.6 Å². The van der Waals surface area contributed by atoms with Gasteiger partial charge in [0.1, 0.15) is 5.75 Å². The van der Waals surface area contributed by atoms with Crippen LogP contribution in [0.5, 0.6) is 5.75 Å². The molecule has 1 aromatic heterocycles.